The van der Waals surface area contributed by atoms with Gasteiger partial charge in [-0.05, 0) is 5.56 Å². The van der Waals surface area contributed by atoms with Crippen LogP contribution in [0.2, 0.25) is 0 Å². The van der Waals surface area contributed by atoms with E-state index in [0.29, 0.717) is 4.83 Å². The van der Waals surface area contributed by atoms with Crippen LogP contribution < -0.4 is 0 Å². The Morgan fingerprint density at radius 2 is 2.00 bits per heavy atom. The molecule has 0 aromatic heterocycles. The van der Waals surface area contributed by atoms with Crippen molar-refractivity contribution in [3.63, 3.8) is 0 Å². The van der Waals surface area contributed by atoms with Crippen molar-refractivity contribution < 1.29 is 0 Å². The minimum absolute atomic E-state index is 0.462. The molecule has 1 heterocycles. The summed E-state index contributed by atoms with van der Waals surface area (Å²) in [6.45, 7) is 3.10. The summed E-state index contributed by atoms with van der Waals surface area (Å²) in [5.74, 6) is 0. The molecule has 3 heteroatoms. The van der Waals surface area contributed by atoms with Gasteiger partial charge in [0.05, 0.1) is 0 Å². The van der Waals surface area contributed by atoms with E-state index < -0.39 is 0 Å². The molecule has 0 fully saturated rings. The Labute approximate surface area is 107 Å². The Balaban J connectivity index is 1.99. The number of benzene rings is 1. The highest BCUT2D eigenvalue weighted by Crippen LogP contribution is 2.21. The maximum atomic E-state index is 3.63. The van der Waals surface area contributed by atoms with Crippen molar-refractivity contribution in [1.29, 1.82) is 0 Å². The Kier molecular flexibility index (Phi) is 4.00. The van der Waals surface area contributed by atoms with Crippen molar-refractivity contribution in [2.75, 3.05) is 13.1 Å². The van der Waals surface area contributed by atoms with Gasteiger partial charge in [0.15, 0.2) is 0 Å². The van der Waals surface area contributed by atoms with Crippen molar-refractivity contribution >= 4 is 31.9 Å². The molecule has 0 radical (unpaired) electrons. The number of halogens is 2. The van der Waals surface area contributed by atoms with E-state index in [1.807, 2.05) is 0 Å². The van der Waals surface area contributed by atoms with Crippen LogP contribution in [0.1, 0.15) is 5.56 Å². The monoisotopic (exact) mass is 329 g/mol. The molecule has 2 rings (SSSR count). The third-order valence-corrected chi connectivity index (χ3v) is 3.49. The predicted octanol–water partition coefficient (Wildman–Crippen LogP) is 3.54. The highest BCUT2D eigenvalue weighted by atomic mass is 79.9. The molecule has 1 nitrogen and oxygen atoms in total. The van der Waals surface area contributed by atoms with Crippen molar-refractivity contribution in [1.82, 2.24) is 4.90 Å². The van der Waals surface area contributed by atoms with Gasteiger partial charge in [0, 0.05) is 28.9 Å². The van der Waals surface area contributed by atoms with Crippen LogP contribution in [0.25, 0.3) is 0 Å². The molecule has 1 aromatic rings. The van der Waals surface area contributed by atoms with E-state index in [2.05, 4.69) is 73.2 Å². The smallest absolute Gasteiger partial charge is 0.0464 e. The third-order valence-electron chi connectivity index (χ3n) is 2.42. The van der Waals surface area contributed by atoms with Crippen LogP contribution in [-0.2, 0) is 6.54 Å². The number of nitrogens with zero attached hydrogens (tertiary/aromatic N) is 1. The van der Waals surface area contributed by atoms with E-state index >= 15 is 0 Å². The quantitative estimate of drug-likeness (QED) is 0.750. The molecule has 0 N–H and O–H groups in total. The second kappa shape index (κ2) is 5.28. The number of hydrogen-bond donors (Lipinski definition) is 0. The van der Waals surface area contributed by atoms with Crippen LogP contribution in [0.15, 0.2) is 40.9 Å². The summed E-state index contributed by atoms with van der Waals surface area (Å²) in [6.07, 6.45) is 2.22. The average molecular weight is 331 g/mol. The first-order chi connectivity index (χ1) is 7.24. The molecule has 0 saturated heterocycles. The number of hydrogen-bond acceptors (Lipinski definition) is 1. The van der Waals surface area contributed by atoms with E-state index in [-0.39, 0.29) is 0 Å². The lowest BCUT2D eigenvalue weighted by Crippen LogP contribution is -2.33. The van der Waals surface area contributed by atoms with E-state index in [4.69, 9.17) is 0 Å². The van der Waals surface area contributed by atoms with Gasteiger partial charge in [-0.1, -0.05) is 68.3 Å². The van der Waals surface area contributed by atoms with Crippen LogP contribution in [0.3, 0.4) is 0 Å². The standard InChI is InChI=1S/C12H13Br2N/c13-11-6-12(14)9-15(8-11)7-10-4-2-1-3-5-10/h1-6,11H,7-9H2. The Morgan fingerprint density at radius 3 is 2.67 bits per heavy atom. The van der Waals surface area contributed by atoms with Crippen molar-refractivity contribution in [2.24, 2.45) is 0 Å². The van der Waals surface area contributed by atoms with Crippen LogP contribution in [0, 0.1) is 0 Å². The highest BCUT2D eigenvalue weighted by molar-refractivity contribution is 9.12. The molecule has 1 atom stereocenters. The fraction of sp³-hybridized carbons (Fsp3) is 0.333. The lowest BCUT2D eigenvalue weighted by atomic mass is 10.2. The van der Waals surface area contributed by atoms with Gasteiger partial charge in [-0.15, -0.1) is 0 Å². The second-order valence-electron chi connectivity index (χ2n) is 3.78. The van der Waals surface area contributed by atoms with Crippen LogP contribution in [0.5, 0.6) is 0 Å². The molecular formula is C12H13Br2N. The second-order valence-corrected chi connectivity index (χ2v) is 5.98. The zero-order chi connectivity index (χ0) is 10.7. The first kappa shape index (κ1) is 11.4. The molecule has 1 aliphatic heterocycles. The van der Waals surface area contributed by atoms with E-state index in [0.717, 1.165) is 19.6 Å². The molecular weight excluding hydrogens is 318 g/mol. The van der Waals surface area contributed by atoms with Crippen LogP contribution >= 0.6 is 31.9 Å². The van der Waals surface area contributed by atoms with Gasteiger partial charge in [0.2, 0.25) is 0 Å². The Hall–Kier alpha value is -0.120. The largest absolute Gasteiger partial charge is 0.293 e. The fourth-order valence-corrected chi connectivity index (χ4v) is 3.55. The lowest BCUT2D eigenvalue weighted by Gasteiger charge is -2.28. The van der Waals surface area contributed by atoms with Crippen molar-refractivity contribution in [3.05, 3.63) is 46.5 Å². The zero-order valence-corrected chi connectivity index (χ0v) is 11.5. The molecule has 1 unspecified atom stereocenters. The summed E-state index contributed by atoms with van der Waals surface area (Å²) in [5, 5.41) is 0. The molecule has 0 saturated carbocycles. The topological polar surface area (TPSA) is 3.24 Å². The van der Waals surface area contributed by atoms with Gasteiger partial charge >= 0.3 is 0 Å². The zero-order valence-electron chi connectivity index (χ0n) is 8.37. The fourth-order valence-electron chi connectivity index (χ4n) is 1.79. The first-order valence-electron chi connectivity index (χ1n) is 5.00. The summed E-state index contributed by atoms with van der Waals surface area (Å²) in [4.78, 5) is 2.89. The molecule has 0 bridgehead atoms. The van der Waals surface area contributed by atoms with Gasteiger partial charge in [0.25, 0.3) is 0 Å². The van der Waals surface area contributed by atoms with Gasteiger partial charge < -0.3 is 0 Å². The van der Waals surface area contributed by atoms with Gasteiger partial charge in [0.1, 0.15) is 0 Å². The maximum absolute atomic E-state index is 3.63. The summed E-state index contributed by atoms with van der Waals surface area (Å²) in [7, 11) is 0. The predicted molar refractivity (Wildman–Crippen MR) is 71.4 cm³/mol. The molecule has 1 aromatic carbocycles. The normalized spacial score (nSPS) is 22.5. The molecule has 15 heavy (non-hydrogen) atoms. The van der Waals surface area contributed by atoms with E-state index in [1.165, 1.54) is 10.0 Å². The maximum Gasteiger partial charge on any atom is 0.0464 e. The Morgan fingerprint density at radius 1 is 1.27 bits per heavy atom. The van der Waals surface area contributed by atoms with Crippen LogP contribution in [-0.4, -0.2) is 22.8 Å². The summed E-state index contributed by atoms with van der Waals surface area (Å²) in [5.41, 5.74) is 1.37. The number of rotatable bonds is 2. The number of alkyl halides is 1. The molecule has 0 amide bonds. The molecule has 0 aliphatic carbocycles. The molecule has 80 valence electrons. The summed E-state index contributed by atoms with van der Waals surface area (Å²) >= 11 is 7.21. The third kappa shape index (κ3) is 3.44. The average Bonchev–Trinajstić information content (AvgIpc) is 2.17. The van der Waals surface area contributed by atoms with Crippen molar-refractivity contribution in [3.8, 4) is 0 Å². The summed E-state index contributed by atoms with van der Waals surface area (Å²) in [6, 6.07) is 10.6. The minimum Gasteiger partial charge on any atom is -0.293 e. The van der Waals surface area contributed by atoms with Gasteiger partial charge in [-0.25, -0.2) is 0 Å². The minimum atomic E-state index is 0.462. The Bertz CT molecular complexity index is 348. The molecule has 0 spiro atoms. The molecule has 1 aliphatic rings. The summed E-state index contributed by atoms with van der Waals surface area (Å²) < 4.78 is 1.27. The van der Waals surface area contributed by atoms with E-state index in [1.54, 1.807) is 0 Å². The SMILES string of the molecule is BrC1=CC(Br)CN(Cc2ccccc2)C1. The van der Waals surface area contributed by atoms with Gasteiger partial charge in [-0.3, -0.25) is 4.90 Å². The van der Waals surface area contributed by atoms with Crippen LogP contribution in [0.4, 0.5) is 0 Å². The lowest BCUT2D eigenvalue weighted by molar-refractivity contribution is 0.293. The van der Waals surface area contributed by atoms with Gasteiger partial charge in [-0.2, -0.15) is 0 Å². The first-order valence-corrected chi connectivity index (χ1v) is 6.71. The van der Waals surface area contributed by atoms with E-state index in [9.17, 15) is 0 Å². The highest BCUT2D eigenvalue weighted by Gasteiger charge is 2.16. The van der Waals surface area contributed by atoms with Crippen molar-refractivity contribution in [2.45, 2.75) is 11.4 Å².